The van der Waals surface area contributed by atoms with Gasteiger partial charge in [0.2, 0.25) is 0 Å². The van der Waals surface area contributed by atoms with Gasteiger partial charge in [0.15, 0.2) is 12.6 Å². The van der Waals surface area contributed by atoms with Gasteiger partial charge in [-0.05, 0) is 0 Å². The maximum absolute atomic E-state index is 11.7. The van der Waals surface area contributed by atoms with Crippen LogP contribution in [0.4, 0.5) is 4.79 Å². The topological polar surface area (TPSA) is 208 Å². The van der Waals surface area contributed by atoms with E-state index in [1.165, 1.54) is 6.08 Å². The van der Waals surface area contributed by atoms with Gasteiger partial charge in [-0.2, -0.15) is 0 Å². The number of carbonyl (C=O) groups excluding carboxylic acids is 1. The number of hydrogen-bond donors (Lipinski definition) is 8. The zero-order valence-electron chi connectivity index (χ0n) is 15.4. The molecule has 2 fully saturated rings. The van der Waals surface area contributed by atoms with E-state index in [1.807, 2.05) is 0 Å². The van der Waals surface area contributed by atoms with E-state index in [2.05, 4.69) is 11.9 Å². The Kier molecular flexibility index (Phi) is 8.72. The molecule has 0 aromatic rings. The molecule has 0 aromatic heterocycles. The first-order valence-electron chi connectivity index (χ1n) is 8.87. The Hall–Kier alpha value is -1.39. The molecule has 0 spiro atoms. The molecule has 13 nitrogen and oxygen atoms in total. The summed E-state index contributed by atoms with van der Waals surface area (Å²) in [5.41, 5.74) is 0. The van der Waals surface area contributed by atoms with Gasteiger partial charge in [0, 0.05) is 0 Å². The van der Waals surface area contributed by atoms with Crippen molar-refractivity contribution in [2.45, 2.75) is 61.3 Å². The minimum absolute atomic E-state index is 0.129. The number of nitrogens with one attached hydrogen (secondary N) is 1. The molecule has 0 bridgehead atoms. The highest BCUT2D eigenvalue weighted by Crippen LogP contribution is 2.28. The van der Waals surface area contributed by atoms with E-state index >= 15 is 0 Å². The quantitative estimate of drug-likeness (QED) is 0.182. The molecule has 0 unspecified atom stereocenters. The molecule has 8 N–H and O–H groups in total. The molecule has 0 radical (unpaired) electrons. The van der Waals surface area contributed by atoms with Crippen molar-refractivity contribution in [3.63, 3.8) is 0 Å². The maximum Gasteiger partial charge on any atom is 0.407 e. The van der Waals surface area contributed by atoms with E-state index in [4.69, 9.17) is 18.9 Å². The minimum atomic E-state index is -1.77. The predicted molar refractivity (Wildman–Crippen MR) is 91.1 cm³/mol. The van der Waals surface area contributed by atoms with Crippen molar-refractivity contribution in [2.24, 2.45) is 0 Å². The van der Waals surface area contributed by atoms with Crippen LogP contribution in [0.1, 0.15) is 0 Å². The summed E-state index contributed by atoms with van der Waals surface area (Å²) >= 11 is 0. The largest absolute Gasteiger partial charge is 0.445 e. The van der Waals surface area contributed by atoms with Gasteiger partial charge < -0.3 is 60.0 Å². The summed E-state index contributed by atoms with van der Waals surface area (Å²) in [6, 6.07) is -1.44. The normalized spacial score (nSPS) is 42.9. The van der Waals surface area contributed by atoms with Crippen LogP contribution in [0.25, 0.3) is 0 Å². The summed E-state index contributed by atoms with van der Waals surface area (Å²) in [5.74, 6) is 0. The first-order chi connectivity index (χ1) is 13.7. The zero-order valence-corrected chi connectivity index (χ0v) is 15.4. The second-order valence-corrected chi connectivity index (χ2v) is 6.59. The number of ether oxygens (including phenoxy) is 4. The van der Waals surface area contributed by atoms with E-state index in [1.54, 1.807) is 0 Å². The molecule has 2 rings (SSSR count). The Bertz CT molecular complexity index is 548. The number of aliphatic hydroxyl groups excluding tert-OH is 7. The average molecular weight is 425 g/mol. The number of amides is 1. The Morgan fingerprint density at radius 1 is 0.966 bits per heavy atom. The van der Waals surface area contributed by atoms with Crippen LogP contribution in [0, 0.1) is 0 Å². The fourth-order valence-corrected chi connectivity index (χ4v) is 3.05. The molecule has 168 valence electrons. The van der Waals surface area contributed by atoms with Crippen LogP contribution >= 0.6 is 0 Å². The third-order valence-electron chi connectivity index (χ3n) is 4.63. The van der Waals surface area contributed by atoms with Crippen molar-refractivity contribution in [3.8, 4) is 0 Å². The van der Waals surface area contributed by atoms with Crippen molar-refractivity contribution in [1.29, 1.82) is 0 Å². The third-order valence-corrected chi connectivity index (χ3v) is 4.63. The standard InChI is InChI=1S/C16H27NO12/c1-2-3-26-16(25)17-8-10(21)13(7(5-19)27-14(8)24)29-15-12(23)11(22)9(20)6(4-18)28-15/h2,6-15,18-24H,1,3-5H2,(H,17,25)/t6-,7+,8+,9-,10+,11+,12-,13+,14+,15+/m0/s1. The monoisotopic (exact) mass is 425 g/mol. The van der Waals surface area contributed by atoms with Gasteiger partial charge in [-0.1, -0.05) is 12.7 Å². The van der Waals surface area contributed by atoms with Crippen LogP contribution in [0.3, 0.4) is 0 Å². The highest BCUT2D eigenvalue weighted by molar-refractivity contribution is 5.67. The molecule has 1 amide bonds. The molecule has 2 aliphatic heterocycles. The van der Waals surface area contributed by atoms with Crippen molar-refractivity contribution >= 4 is 6.09 Å². The number of aliphatic hydroxyl groups is 7. The highest BCUT2D eigenvalue weighted by atomic mass is 16.7. The lowest BCUT2D eigenvalue weighted by Crippen LogP contribution is -2.67. The fraction of sp³-hybridized carbons (Fsp3) is 0.812. The number of rotatable bonds is 7. The molecule has 13 heteroatoms. The Morgan fingerprint density at radius 3 is 2.21 bits per heavy atom. The summed E-state index contributed by atoms with van der Waals surface area (Å²) < 4.78 is 20.5. The van der Waals surface area contributed by atoms with Crippen LogP contribution in [-0.4, -0.2) is 123 Å². The molecule has 2 saturated heterocycles. The lowest BCUT2D eigenvalue weighted by Gasteiger charge is -2.46. The molecule has 29 heavy (non-hydrogen) atoms. The third kappa shape index (κ3) is 5.40. The molecular formula is C16H27NO12. The molecule has 0 saturated carbocycles. The zero-order chi connectivity index (χ0) is 21.7. The molecule has 0 aromatic carbocycles. The van der Waals surface area contributed by atoms with Crippen molar-refractivity contribution in [1.82, 2.24) is 5.32 Å². The summed E-state index contributed by atoms with van der Waals surface area (Å²) in [4.78, 5) is 11.7. The maximum atomic E-state index is 11.7. The molecular weight excluding hydrogens is 398 g/mol. The van der Waals surface area contributed by atoms with Crippen LogP contribution in [-0.2, 0) is 18.9 Å². The number of hydrogen-bond acceptors (Lipinski definition) is 12. The molecule has 2 aliphatic rings. The fourth-order valence-electron chi connectivity index (χ4n) is 3.05. The summed E-state index contributed by atoms with van der Waals surface area (Å²) in [6.07, 6.45) is -13.8. The molecule has 2 heterocycles. The van der Waals surface area contributed by atoms with Gasteiger partial charge in [0.05, 0.1) is 13.2 Å². The predicted octanol–water partition coefficient (Wildman–Crippen LogP) is -4.48. The SMILES string of the molecule is C=CCOC(=O)N[C@@H]1[C@@H](O)[C@H](O[C@H]2O[C@@H](CO)[C@H](O)[C@@H](O)[C@@H]2O)[C@@H](CO)O[C@H]1O. The second kappa shape index (κ2) is 10.6. The Labute approximate surface area is 165 Å². The van der Waals surface area contributed by atoms with Gasteiger partial charge in [0.25, 0.3) is 0 Å². The lowest BCUT2D eigenvalue weighted by molar-refractivity contribution is -0.345. The first kappa shape index (κ1) is 23.9. The average Bonchev–Trinajstić information content (AvgIpc) is 2.71. The summed E-state index contributed by atoms with van der Waals surface area (Å²) in [7, 11) is 0. The van der Waals surface area contributed by atoms with E-state index in [-0.39, 0.29) is 6.61 Å². The lowest BCUT2D eigenvalue weighted by atomic mass is 9.95. The van der Waals surface area contributed by atoms with Crippen LogP contribution in [0.2, 0.25) is 0 Å². The smallest absolute Gasteiger partial charge is 0.407 e. The summed E-state index contributed by atoms with van der Waals surface area (Å²) in [5, 5.41) is 71.2. The number of carbonyl (C=O) groups is 1. The minimum Gasteiger partial charge on any atom is -0.445 e. The van der Waals surface area contributed by atoms with E-state index in [0.717, 1.165) is 0 Å². The van der Waals surface area contributed by atoms with Gasteiger partial charge >= 0.3 is 6.09 Å². The van der Waals surface area contributed by atoms with E-state index in [9.17, 15) is 40.5 Å². The Balaban J connectivity index is 2.13. The van der Waals surface area contributed by atoms with Gasteiger partial charge in [-0.3, -0.25) is 0 Å². The van der Waals surface area contributed by atoms with Gasteiger partial charge in [0.1, 0.15) is 55.4 Å². The molecule has 0 aliphatic carbocycles. The van der Waals surface area contributed by atoms with Crippen molar-refractivity contribution in [3.05, 3.63) is 12.7 Å². The van der Waals surface area contributed by atoms with E-state index in [0.29, 0.717) is 0 Å². The van der Waals surface area contributed by atoms with Crippen molar-refractivity contribution < 1.29 is 59.5 Å². The van der Waals surface area contributed by atoms with E-state index < -0.39 is 80.7 Å². The molecule has 10 atom stereocenters. The number of alkyl carbamates (subject to hydrolysis) is 1. The van der Waals surface area contributed by atoms with Gasteiger partial charge in [-0.25, -0.2) is 4.79 Å². The van der Waals surface area contributed by atoms with Crippen molar-refractivity contribution in [2.75, 3.05) is 19.8 Å². The summed E-state index contributed by atoms with van der Waals surface area (Å²) in [6.45, 7) is 1.82. The second-order valence-electron chi connectivity index (χ2n) is 6.59. The van der Waals surface area contributed by atoms with Gasteiger partial charge in [-0.15, -0.1) is 0 Å². The first-order valence-corrected chi connectivity index (χ1v) is 8.87. The van der Waals surface area contributed by atoms with Crippen LogP contribution in [0.5, 0.6) is 0 Å². The Morgan fingerprint density at radius 2 is 1.62 bits per heavy atom. The van der Waals surface area contributed by atoms with Crippen LogP contribution < -0.4 is 5.32 Å². The van der Waals surface area contributed by atoms with Crippen LogP contribution in [0.15, 0.2) is 12.7 Å². The highest BCUT2D eigenvalue weighted by Gasteiger charge is 2.50.